The van der Waals surface area contributed by atoms with E-state index in [1.807, 2.05) is 48.2 Å². The standard InChI is InChI=1S/C21H24N4O2/c1-2-17(15-6-5-11-22-14-15)24-20(27)25-12-9-21(10-13-25)16-7-3-4-8-18(16)23-19(21)26/h3-8,11,14,17H,2,9-10,12-13H2,1H3,(H,23,26)(H,24,27)/t17-/m1/s1. The Balaban J connectivity index is 1.44. The molecule has 0 unspecified atom stereocenters. The minimum Gasteiger partial charge on any atom is -0.331 e. The molecule has 140 valence electrons. The van der Waals surface area contributed by atoms with Gasteiger partial charge < -0.3 is 15.5 Å². The van der Waals surface area contributed by atoms with Crippen LogP contribution in [0.1, 0.15) is 43.4 Å². The molecule has 0 aliphatic carbocycles. The normalized spacial score (nSPS) is 18.7. The van der Waals surface area contributed by atoms with Crippen molar-refractivity contribution in [3.63, 3.8) is 0 Å². The number of urea groups is 1. The van der Waals surface area contributed by atoms with E-state index in [1.54, 1.807) is 12.4 Å². The first kappa shape index (κ1) is 17.5. The van der Waals surface area contributed by atoms with Gasteiger partial charge in [-0.05, 0) is 42.5 Å². The number of carbonyl (C=O) groups is 2. The summed E-state index contributed by atoms with van der Waals surface area (Å²) in [5.74, 6) is 0.0607. The Labute approximate surface area is 159 Å². The van der Waals surface area contributed by atoms with E-state index in [0.29, 0.717) is 25.9 Å². The summed E-state index contributed by atoms with van der Waals surface area (Å²) in [6, 6.07) is 11.6. The fraction of sp³-hybridized carbons (Fsp3) is 0.381. The van der Waals surface area contributed by atoms with E-state index in [9.17, 15) is 9.59 Å². The zero-order valence-corrected chi connectivity index (χ0v) is 15.4. The van der Waals surface area contributed by atoms with E-state index in [2.05, 4.69) is 15.6 Å². The average Bonchev–Trinajstić information content (AvgIpc) is 2.98. The summed E-state index contributed by atoms with van der Waals surface area (Å²) in [6.07, 6.45) is 5.61. The number of carbonyl (C=O) groups excluding carboxylic acids is 2. The van der Waals surface area contributed by atoms with Gasteiger partial charge >= 0.3 is 6.03 Å². The van der Waals surface area contributed by atoms with E-state index < -0.39 is 5.41 Å². The molecule has 1 atom stereocenters. The minimum atomic E-state index is -0.499. The molecule has 6 heteroatoms. The van der Waals surface area contributed by atoms with Crippen LogP contribution in [0.3, 0.4) is 0 Å². The van der Waals surface area contributed by atoms with E-state index in [-0.39, 0.29) is 18.0 Å². The van der Waals surface area contributed by atoms with Crippen LogP contribution in [0.4, 0.5) is 10.5 Å². The second-order valence-corrected chi connectivity index (χ2v) is 7.27. The van der Waals surface area contributed by atoms with E-state index in [0.717, 1.165) is 23.2 Å². The first-order chi connectivity index (χ1) is 13.1. The number of hydrogen-bond donors (Lipinski definition) is 2. The summed E-state index contributed by atoms with van der Waals surface area (Å²) in [7, 11) is 0. The van der Waals surface area contributed by atoms with Crippen LogP contribution < -0.4 is 10.6 Å². The highest BCUT2D eigenvalue weighted by molar-refractivity contribution is 6.06. The quantitative estimate of drug-likeness (QED) is 0.878. The van der Waals surface area contributed by atoms with Crippen LogP contribution in [0.15, 0.2) is 48.8 Å². The smallest absolute Gasteiger partial charge is 0.317 e. The highest BCUT2D eigenvalue weighted by Gasteiger charge is 2.48. The van der Waals surface area contributed by atoms with Gasteiger partial charge in [-0.15, -0.1) is 0 Å². The van der Waals surface area contributed by atoms with Crippen LogP contribution in [-0.4, -0.2) is 34.9 Å². The van der Waals surface area contributed by atoms with E-state index in [1.165, 1.54) is 0 Å². The highest BCUT2D eigenvalue weighted by Crippen LogP contribution is 2.44. The van der Waals surface area contributed by atoms with Gasteiger partial charge in [-0.3, -0.25) is 9.78 Å². The van der Waals surface area contributed by atoms with Gasteiger partial charge in [0.15, 0.2) is 0 Å². The van der Waals surface area contributed by atoms with Crippen molar-refractivity contribution in [2.24, 2.45) is 0 Å². The van der Waals surface area contributed by atoms with Crippen molar-refractivity contribution in [1.82, 2.24) is 15.2 Å². The number of rotatable bonds is 3. The molecule has 0 saturated carbocycles. The largest absolute Gasteiger partial charge is 0.331 e. The number of nitrogens with zero attached hydrogens (tertiary/aromatic N) is 2. The Morgan fingerprint density at radius 1 is 1.26 bits per heavy atom. The number of benzene rings is 1. The molecule has 3 heterocycles. The van der Waals surface area contributed by atoms with Crippen molar-refractivity contribution in [2.75, 3.05) is 18.4 Å². The molecular weight excluding hydrogens is 340 g/mol. The number of pyridine rings is 1. The third kappa shape index (κ3) is 3.05. The molecule has 1 aromatic carbocycles. The first-order valence-electron chi connectivity index (χ1n) is 9.50. The summed E-state index contributed by atoms with van der Waals surface area (Å²) >= 11 is 0. The number of nitrogens with one attached hydrogen (secondary N) is 2. The Morgan fingerprint density at radius 3 is 2.74 bits per heavy atom. The molecule has 2 aliphatic heterocycles. The Bertz CT molecular complexity index is 844. The maximum absolute atomic E-state index is 12.8. The van der Waals surface area contributed by atoms with Crippen molar-refractivity contribution in [2.45, 2.75) is 37.6 Å². The molecule has 6 nitrogen and oxygen atoms in total. The summed E-state index contributed by atoms with van der Waals surface area (Å²) in [4.78, 5) is 31.4. The van der Waals surface area contributed by atoms with Gasteiger partial charge in [0, 0.05) is 31.2 Å². The summed E-state index contributed by atoms with van der Waals surface area (Å²) in [5, 5.41) is 6.11. The van der Waals surface area contributed by atoms with Crippen LogP contribution in [0.2, 0.25) is 0 Å². The molecule has 2 aliphatic rings. The molecule has 3 amide bonds. The molecule has 0 bridgehead atoms. The number of anilines is 1. The zero-order valence-electron chi connectivity index (χ0n) is 15.4. The van der Waals surface area contributed by atoms with Gasteiger partial charge in [0.1, 0.15) is 0 Å². The number of fused-ring (bicyclic) bond motifs is 2. The molecule has 4 rings (SSSR count). The number of hydrogen-bond acceptors (Lipinski definition) is 3. The lowest BCUT2D eigenvalue weighted by atomic mass is 9.74. The van der Waals surface area contributed by atoms with Gasteiger partial charge in [0.25, 0.3) is 0 Å². The number of likely N-dealkylation sites (tertiary alicyclic amines) is 1. The van der Waals surface area contributed by atoms with Gasteiger partial charge in [0.05, 0.1) is 11.5 Å². The lowest BCUT2D eigenvalue weighted by molar-refractivity contribution is -0.122. The van der Waals surface area contributed by atoms with Crippen LogP contribution in [0.5, 0.6) is 0 Å². The summed E-state index contributed by atoms with van der Waals surface area (Å²) < 4.78 is 0. The van der Waals surface area contributed by atoms with Crippen LogP contribution in [0, 0.1) is 0 Å². The van der Waals surface area contributed by atoms with Gasteiger partial charge in [-0.2, -0.15) is 0 Å². The number of para-hydroxylation sites is 1. The molecule has 2 N–H and O–H groups in total. The third-order valence-corrected chi connectivity index (χ3v) is 5.82. The van der Waals surface area contributed by atoms with Crippen LogP contribution in [-0.2, 0) is 10.2 Å². The number of piperidine rings is 1. The van der Waals surface area contributed by atoms with E-state index in [4.69, 9.17) is 0 Å². The van der Waals surface area contributed by atoms with E-state index >= 15 is 0 Å². The van der Waals surface area contributed by atoms with Gasteiger partial charge in [-0.25, -0.2) is 4.79 Å². The molecule has 1 fully saturated rings. The SMILES string of the molecule is CC[C@@H](NC(=O)N1CCC2(CC1)C(=O)Nc1ccccc12)c1cccnc1. The monoisotopic (exact) mass is 364 g/mol. The minimum absolute atomic E-state index is 0.0578. The lowest BCUT2D eigenvalue weighted by Crippen LogP contribution is -2.51. The van der Waals surface area contributed by atoms with Crippen molar-refractivity contribution in [3.8, 4) is 0 Å². The third-order valence-electron chi connectivity index (χ3n) is 5.82. The van der Waals surface area contributed by atoms with Crippen LogP contribution >= 0.6 is 0 Å². The predicted molar refractivity (Wildman–Crippen MR) is 103 cm³/mol. The summed E-state index contributed by atoms with van der Waals surface area (Å²) in [6.45, 7) is 3.18. The maximum atomic E-state index is 12.8. The fourth-order valence-electron chi connectivity index (χ4n) is 4.21. The van der Waals surface area contributed by atoms with Crippen molar-refractivity contribution in [1.29, 1.82) is 0 Å². The number of amides is 3. The molecule has 1 saturated heterocycles. The molecule has 27 heavy (non-hydrogen) atoms. The maximum Gasteiger partial charge on any atom is 0.317 e. The Kier molecular flexibility index (Phi) is 4.56. The number of aromatic nitrogens is 1. The predicted octanol–water partition coefficient (Wildman–Crippen LogP) is 3.23. The van der Waals surface area contributed by atoms with Gasteiger partial charge in [-0.1, -0.05) is 31.2 Å². The topological polar surface area (TPSA) is 74.3 Å². The molecular formula is C21H24N4O2. The van der Waals surface area contributed by atoms with Crippen molar-refractivity contribution >= 4 is 17.6 Å². The van der Waals surface area contributed by atoms with Gasteiger partial charge in [0.2, 0.25) is 5.91 Å². The highest BCUT2D eigenvalue weighted by atomic mass is 16.2. The zero-order chi connectivity index (χ0) is 18.9. The average molecular weight is 364 g/mol. The first-order valence-corrected chi connectivity index (χ1v) is 9.50. The molecule has 2 aromatic rings. The second kappa shape index (κ2) is 7.02. The summed E-state index contributed by atoms with van der Waals surface area (Å²) in [5.41, 5.74) is 2.48. The molecule has 1 aromatic heterocycles. The van der Waals surface area contributed by atoms with Crippen molar-refractivity contribution < 1.29 is 9.59 Å². The molecule has 1 spiro atoms. The second-order valence-electron chi connectivity index (χ2n) is 7.27. The van der Waals surface area contributed by atoms with Crippen molar-refractivity contribution in [3.05, 3.63) is 59.9 Å². The lowest BCUT2D eigenvalue weighted by Gasteiger charge is -2.38. The molecule has 0 radical (unpaired) electrons. The fourth-order valence-corrected chi connectivity index (χ4v) is 4.21. The Hall–Kier alpha value is -2.89. The Morgan fingerprint density at radius 2 is 2.04 bits per heavy atom. The van der Waals surface area contributed by atoms with Crippen LogP contribution in [0.25, 0.3) is 0 Å².